The van der Waals surface area contributed by atoms with E-state index in [0.717, 1.165) is 0 Å². The van der Waals surface area contributed by atoms with Gasteiger partial charge in [-0.1, -0.05) is 6.07 Å². The molecule has 1 unspecified atom stereocenters. The first-order valence-electron chi connectivity index (χ1n) is 5.39. The van der Waals surface area contributed by atoms with Gasteiger partial charge in [-0.3, -0.25) is 10.1 Å². The van der Waals surface area contributed by atoms with Crippen LogP contribution in [0.3, 0.4) is 0 Å². The number of benzene rings is 1. The molecule has 2 aliphatic heterocycles. The number of carbonyl (C=O) groups is 1. The monoisotopic (exact) mass is 263 g/mol. The zero-order chi connectivity index (χ0) is 12.5. The van der Waals surface area contributed by atoms with E-state index in [4.69, 9.17) is 21.7 Å². The van der Waals surface area contributed by atoms with E-state index in [0.29, 0.717) is 30.3 Å². The Morgan fingerprint density at radius 3 is 2.83 bits per heavy atom. The highest BCUT2D eigenvalue weighted by Crippen LogP contribution is 2.34. The van der Waals surface area contributed by atoms with E-state index in [2.05, 4.69) is 15.5 Å². The highest BCUT2D eigenvalue weighted by atomic mass is 32.1. The molecule has 0 bridgehead atoms. The molecule has 1 amide bonds. The van der Waals surface area contributed by atoms with Crippen molar-refractivity contribution in [3.05, 3.63) is 23.8 Å². The van der Waals surface area contributed by atoms with Crippen LogP contribution in [-0.4, -0.2) is 24.2 Å². The average Bonchev–Trinajstić information content (AvgIpc) is 2.38. The van der Waals surface area contributed by atoms with Crippen LogP contribution in [0.2, 0.25) is 0 Å². The minimum atomic E-state index is -0.687. The molecule has 2 aliphatic rings. The highest BCUT2D eigenvalue weighted by molar-refractivity contribution is 7.80. The lowest BCUT2D eigenvalue weighted by atomic mass is 10.1. The van der Waals surface area contributed by atoms with E-state index in [1.165, 1.54) is 0 Å². The van der Waals surface area contributed by atoms with Gasteiger partial charge < -0.3 is 9.47 Å². The van der Waals surface area contributed by atoms with Crippen molar-refractivity contribution in [2.45, 2.75) is 6.04 Å². The van der Waals surface area contributed by atoms with Crippen LogP contribution in [0.5, 0.6) is 11.5 Å². The Balaban J connectivity index is 1.95. The van der Waals surface area contributed by atoms with Gasteiger partial charge in [0.15, 0.2) is 17.5 Å². The van der Waals surface area contributed by atoms with Crippen LogP contribution in [0.15, 0.2) is 28.4 Å². The van der Waals surface area contributed by atoms with Crippen molar-refractivity contribution < 1.29 is 14.3 Å². The molecule has 1 aromatic rings. The van der Waals surface area contributed by atoms with Crippen LogP contribution >= 0.6 is 12.2 Å². The van der Waals surface area contributed by atoms with Gasteiger partial charge in [-0.15, -0.1) is 5.11 Å². The third kappa shape index (κ3) is 1.92. The van der Waals surface area contributed by atoms with Gasteiger partial charge in [0.1, 0.15) is 13.2 Å². The Kier molecular flexibility index (Phi) is 2.67. The number of nitrogens with one attached hydrogen (secondary N) is 1. The summed E-state index contributed by atoms with van der Waals surface area (Å²) in [5.74, 6) is 1.01. The van der Waals surface area contributed by atoms with Crippen LogP contribution in [0.4, 0.5) is 0 Å². The minimum absolute atomic E-state index is 0.0915. The Hall–Kier alpha value is -2.02. The molecule has 92 valence electrons. The maximum atomic E-state index is 11.7. The van der Waals surface area contributed by atoms with Crippen molar-refractivity contribution in [3.8, 4) is 11.5 Å². The van der Waals surface area contributed by atoms with Crippen LogP contribution in [-0.2, 0) is 4.79 Å². The number of amides is 1. The number of azo groups is 1. The van der Waals surface area contributed by atoms with Crippen LogP contribution in [0.1, 0.15) is 11.6 Å². The molecular formula is C11H9N3O3S. The van der Waals surface area contributed by atoms with Crippen molar-refractivity contribution in [2.75, 3.05) is 13.2 Å². The summed E-state index contributed by atoms with van der Waals surface area (Å²) in [6, 6.07) is 4.59. The minimum Gasteiger partial charge on any atom is -0.486 e. The molecule has 0 spiro atoms. The molecule has 1 N–H and O–H groups in total. The number of hydrogen-bond donors (Lipinski definition) is 1. The normalized spacial score (nSPS) is 21.7. The number of rotatable bonds is 1. The topological polar surface area (TPSA) is 72.3 Å². The summed E-state index contributed by atoms with van der Waals surface area (Å²) in [5.41, 5.74) is 0.697. The van der Waals surface area contributed by atoms with Gasteiger partial charge in [-0.25, -0.2) is 0 Å². The van der Waals surface area contributed by atoms with Crippen LogP contribution in [0, 0.1) is 0 Å². The van der Waals surface area contributed by atoms with Gasteiger partial charge in [0.05, 0.1) is 0 Å². The van der Waals surface area contributed by atoms with E-state index in [1.807, 2.05) is 0 Å². The van der Waals surface area contributed by atoms with Crippen molar-refractivity contribution in [1.29, 1.82) is 0 Å². The van der Waals surface area contributed by atoms with Gasteiger partial charge in [-0.05, 0) is 29.9 Å². The Labute approximate surface area is 108 Å². The summed E-state index contributed by atoms with van der Waals surface area (Å²) in [6.07, 6.45) is 0. The average molecular weight is 263 g/mol. The van der Waals surface area contributed by atoms with Crippen molar-refractivity contribution in [2.24, 2.45) is 10.2 Å². The third-order valence-corrected chi connectivity index (χ3v) is 2.81. The maximum Gasteiger partial charge on any atom is 0.257 e. The van der Waals surface area contributed by atoms with Gasteiger partial charge in [0.2, 0.25) is 5.11 Å². The van der Waals surface area contributed by atoms with Gasteiger partial charge in [0.25, 0.3) is 5.91 Å². The van der Waals surface area contributed by atoms with Crippen molar-refractivity contribution in [3.63, 3.8) is 0 Å². The second-order valence-electron chi connectivity index (χ2n) is 3.82. The number of nitrogens with zero attached hydrogens (tertiary/aromatic N) is 2. The lowest BCUT2D eigenvalue weighted by molar-refractivity contribution is -0.121. The van der Waals surface area contributed by atoms with E-state index in [9.17, 15) is 4.79 Å². The molecule has 7 heteroatoms. The summed E-state index contributed by atoms with van der Waals surface area (Å²) >= 11 is 4.75. The van der Waals surface area contributed by atoms with E-state index in [-0.39, 0.29) is 11.0 Å². The van der Waals surface area contributed by atoms with Gasteiger partial charge >= 0.3 is 0 Å². The maximum absolute atomic E-state index is 11.7. The Bertz CT molecular complexity index is 558. The Morgan fingerprint density at radius 1 is 1.28 bits per heavy atom. The largest absolute Gasteiger partial charge is 0.486 e. The zero-order valence-electron chi connectivity index (χ0n) is 9.25. The number of carbonyl (C=O) groups excluding carboxylic acids is 1. The first-order valence-corrected chi connectivity index (χ1v) is 5.80. The lowest BCUT2D eigenvalue weighted by Crippen LogP contribution is -2.35. The number of thiocarbonyl (C=S) groups is 1. The molecule has 0 aromatic heterocycles. The molecule has 0 saturated carbocycles. The summed E-state index contributed by atoms with van der Waals surface area (Å²) in [5, 5.41) is 10.1. The summed E-state index contributed by atoms with van der Waals surface area (Å²) in [7, 11) is 0. The smallest absolute Gasteiger partial charge is 0.257 e. The quantitative estimate of drug-likeness (QED) is 0.777. The molecule has 1 atom stereocenters. The second-order valence-corrected chi connectivity index (χ2v) is 4.20. The van der Waals surface area contributed by atoms with E-state index < -0.39 is 6.04 Å². The van der Waals surface area contributed by atoms with Crippen LogP contribution in [0.25, 0.3) is 0 Å². The molecular weight excluding hydrogens is 254 g/mol. The molecule has 0 saturated heterocycles. The predicted octanol–water partition coefficient (Wildman–Crippen LogP) is 1.37. The van der Waals surface area contributed by atoms with Crippen LogP contribution < -0.4 is 14.8 Å². The summed E-state index contributed by atoms with van der Waals surface area (Å²) < 4.78 is 10.9. The summed E-state index contributed by atoms with van der Waals surface area (Å²) in [4.78, 5) is 11.7. The van der Waals surface area contributed by atoms with E-state index >= 15 is 0 Å². The lowest BCUT2D eigenvalue weighted by Gasteiger charge is -2.21. The zero-order valence-corrected chi connectivity index (χ0v) is 10.1. The number of fused-ring (bicyclic) bond motifs is 1. The molecule has 3 rings (SSSR count). The van der Waals surface area contributed by atoms with Gasteiger partial charge in [0, 0.05) is 0 Å². The molecule has 0 aliphatic carbocycles. The van der Waals surface area contributed by atoms with Crippen molar-refractivity contribution in [1.82, 2.24) is 5.32 Å². The molecule has 0 fully saturated rings. The number of hydrogen-bond acceptors (Lipinski definition) is 5. The molecule has 2 heterocycles. The molecule has 6 nitrogen and oxygen atoms in total. The van der Waals surface area contributed by atoms with E-state index in [1.54, 1.807) is 18.2 Å². The first-order chi connectivity index (χ1) is 8.74. The Morgan fingerprint density at radius 2 is 2.06 bits per heavy atom. The highest BCUT2D eigenvalue weighted by Gasteiger charge is 2.26. The fourth-order valence-electron chi connectivity index (χ4n) is 1.81. The molecule has 1 aromatic carbocycles. The predicted molar refractivity (Wildman–Crippen MR) is 65.8 cm³/mol. The number of ether oxygens (including phenoxy) is 2. The SMILES string of the molecule is O=C1NC(=S)N=NC1c1ccc2c(c1)OCCO2. The third-order valence-electron chi connectivity index (χ3n) is 2.62. The fraction of sp³-hybridized carbons (Fsp3) is 0.273. The second kappa shape index (κ2) is 4.34. The molecule has 0 radical (unpaired) electrons. The molecule has 18 heavy (non-hydrogen) atoms. The van der Waals surface area contributed by atoms with Gasteiger partial charge in [-0.2, -0.15) is 5.11 Å². The first kappa shape index (κ1) is 11.1. The fourth-order valence-corrected chi connectivity index (χ4v) is 1.96. The van der Waals surface area contributed by atoms with Crippen molar-refractivity contribution >= 4 is 23.2 Å². The summed E-state index contributed by atoms with van der Waals surface area (Å²) in [6.45, 7) is 1.03. The standard InChI is InChI=1S/C11H9N3O3S/c15-10-9(13-14-11(18)12-10)6-1-2-7-8(5-6)17-4-3-16-7/h1-2,5,9H,3-4H2,(H,12,15,18).